The molecule has 0 aliphatic rings. The van der Waals surface area contributed by atoms with Gasteiger partial charge in [-0.15, -0.1) is 0 Å². The van der Waals surface area contributed by atoms with E-state index in [-0.39, 0.29) is 31.1 Å². The summed E-state index contributed by atoms with van der Waals surface area (Å²) < 4.78 is 16.7. The molecular formula is C55H90O6. The third-order valence-corrected chi connectivity index (χ3v) is 10.2. The van der Waals surface area contributed by atoms with E-state index in [1.807, 2.05) is 0 Å². The van der Waals surface area contributed by atoms with Crippen molar-refractivity contribution in [2.24, 2.45) is 0 Å². The van der Waals surface area contributed by atoms with Gasteiger partial charge in [-0.25, -0.2) is 0 Å². The molecule has 0 spiro atoms. The average Bonchev–Trinajstić information content (AvgIpc) is 3.26. The molecule has 346 valence electrons. The maximum absolute atomic E-state index is 12.8. The van der Waals surface area contributed by atoms with Gasteiger partial charge in [0.05, 0.1) is 0 Å². The normalized spacial score (nSPS) is 12.9. The molecule has 0 aromatic carbocycles. The molecule has 1 unspecified atom stereocenters. The Hall–Kier alpha value is -3.67. The molecule has 1 atom stereocenters. The largest absolute Gasteiger partial charge is 0.462 e. The Labute approximate surface area is 375 Å². The monoisotopic (exact) mass is 847 g/mol. The third-order valence-electron chi connectivity index (χ3n) is 10.2. The minimum absolute atomic E-state index is 0.0969. The molecule has 0 bridgehead atoms. The second kappa shape index (κ2) is 49.0. The Kier molecular flexibility index (Phi) is 46.0. The van der Waals surface area contributed by atoms with Gasteiger partial charge in [0.15, 0.2) is 6.10 Å². The van der Waals surface area contributed by atoms with Crippen molar-refractivity contribution < 1.29 is 28.6 Å². The first-order valence-electron chi connectivity index (χ1n) is 24.8. The highest BCUT2D eigenvalue weighted by Crippen LogP contribution is 2.14. The summed E-state index contributed by atoms with van der Waals surface area (Å²) in [5, 5.41) is 0. The Balaban J connectivity index is 4.47. The predicted octanol–water partition coefficient (Wildman–Crippen LogP) is 16.2. The van der Waals surface area contributed by atoms with Gasteiger partial charge in [0, 0.05) is 19.3 Å². The minimum atomic E-state index is -0.797. The van der Waals surface area contributed by atoms with Gasteiger partial charge in [-0.1, -0.05) is 208 Å². The van der Waals surface area contributed by atoms with E-state index < -0.39 is 6.10 Å². The fourth-order valence-electron chi connectivity index (χ4n) is 6.49. The molecule has 0 saturated heterocycles. The zero-order valence-electron chi connectivity index (χ0n) is 39.4. The van der Waals surface area contributed by atoms with Crippen LogP contribution in [0.15, 0.2) is 97.2 Å². The highest BCUT2D eigenvalue weighted by atomic mass is 16.6. The molecule has 0 radical (unpaired) electrons. The van der Waals surface area contributed by atoms with Crippen LogP contribution in [0.25, 0.3) is 0 Å². The lowest BCUT2D eigenvalue weighted by Crippen LogP contribution is -2.30. The van der Waals surface area contributed by atoms with Crippen molar-refractivity contribution in [2.45, 2.75) is 219 Å². The van der Waals surface area contributed by atoms with Gasteiger partial charge in [-0.05, 0) is 83.5 Å². The van der Waals surface area contributed by atoms with Crippen molar-refractivity contribution in [3.8, 4) is 0 Å². The SMILES string of the molecule is CC\C=C/C=C\C=C/CCCCCCCCCC(=O)OCC(COC(=O)CCCCCCC\C=C/C=C\C=C/CC)OC(=O)CCCCCCCC/C=C\C=C/CCCCC. The van der Waals surface area contributed by atoms with Gasteiger partial charge < -0.3 is 14.2 Å². The minimum Gasteiger partial charge on any atom is -0.462 e. The fraction of sp³-hybridized carbons (Fsp3) is 0.655. The summed E-state index contributed by atoms with van der Waals surface area (Å²) in [5.74, 6) is -0.946. The summed E-state index contributed by atoms with van der Waals surface area (Å²) in [6.07, 6.45) is 63.8. The molecule has 0 aromatic rings. The third kappa shape index (κ3) is 47.2. The van der Waals surface area contributed by atoms with Crippen LogP contribution in [-0.2, 0) is 28.6 Å². The van der Waals surface area contributed by atoms with Gasteiger partial charge in [0.1, 0.15) is 13.2 Å². The van der Waals surface area contributed by atoms with E-state index in [1.165, 1.54) is 64.2 Å². The summed E-state index contributed by atoms with van der Waals surface area (Å²) in [5.41, 5.74) is 0. The van der Waals surface area contributed by atoms with Crippen molar-refractivity contribution in [2.75, 3.05) is 13.2 Å². The molecule has 6 heteroatoms. The van der Waals surface area contributed by atoms with Crippen molar-refractivity contribution in [1.29, 1.82) is 0 Å². The van der Waals surface area contributed by atoms with Crippen LogP contribution in [0.5, 0.6) is 0 Å². The number of hydrogen-bond donors (Lipinski definition) is 0. The lowest BCUT2D eigenvalue weighted by atomic mass is 10.1. The second-order valence-electron chi connectivity index (χ2n) is 16.1. The fourth-order valence-corrected chi connectivity index (χ4v) is 6.49. The molecule has 0 aromatic heterocycles. The van der Waals surface area contributed by atoms with E-state index in [2.05, 4.69) is 118 Å². The van der Waals surface area contributed by atoms with E-state index in [9.17, 15) is 14.4 Å². The summed E-state index contributed by atoms with van der Waals surface area (Å²) in [6.45, 7) is 6.29. The smallest absolute Gasteiger partial charge is 0.306 e. The van der Waals surface area contributed by atoms with E-state index in [0.29, 0.717) is 19.3 Å². The standard InChI is InChI=1S/C55H90O6/c1-4-7-10-13-16-19-22-25-27-30-33-36-39-42-45-48-54(57)60-51-52(50-59-53(56)47-44-41-38-35-32-29-24-21-18-15-12-9-6-3)61-55(58)49-46-43-40-37-34-31-28-26-23-20-17-14-11-8-5-2/h7,9-10,12-13,15-24,26,52H,4-6,8,11,14,25,27-51H2,1-3H3/b10-7-,12-9-,16-13-,18-15-,20-17-,22-19-,24-21-,26-23-. The predicted molar refractivity (Wildman–Crippen MR) is 260 cm³/mol. The molecule has 0 saturated carbocycles. The van der Waals surface area contributed by atoms with Crippen molar-refractivity contribution in [1.82, 2.24) is 0 Å². The zero-order valence-corrected chi connectivity index (χ0v) is 39.4. The van der Waals surface area contributed by atoms with E-state index >= 15 is 0 Å². The van der Waals surface area contributed by atoms with Crippen LogP contribution in [0.2, 0.25) is 0 Å². The van der Waals surface area contributed by atoms with Gasteiger partial charge in [-0.3, -0.25) is 14.4 Å². The maximum Gasteiger partial charge on any atom is 0.306 e. The molecule has 61 heavy (non-hydrogen) atoms. The Bertz CT molecular complexity index is 1250. The van der Waals surface area contributed by atoms with Gasteiger partial charge in [0.2, 0.25) is 0 Å². The Morgan fingerprint density at radius 2 is 0.639 bits per heavy atom. The van der Waals surface area contributed by atoms with Crippen LogP contribution in [0.1, 0.15) is 213 Å². The van der Waals surface area contributed by atoms with E-state index in [0.717, 1.165) is 109 Å². The first-order valence-corrected chi connectivity index (χ1v) is 24.8. The van der Waals surface area contributed by atoms with E-state index in [4.69, 9.17) is 14.2 Å². The molecule has 0 aliphatic heterocycles. The van der Waals surface area contributed by atoms with Gasteiger partial charge >= 0.3 is 17.9 Å². The average molecular weight is 847 g/mol. The number of hydrogen-bond acceptors (Lipinski definition) is 6. The molecule has 0 amide bonds. The molecule has 0 N–H and O–H groups in total. The topological polar surface area (TPSA) is 78.9 Å². The summed E-state index contributed by atoms with van der Waals surface area (Å²) in [6, 6.07) is 0. The number of allylic oxidation sites excluding steroid dienone is 16. The lowest BCUT2D eigenvalue weighted by Gasteiger charge is -2.18. The Morgan fingerprint density at radius 1 is 0.344 bits per heavy atom. The molecule has 6 nitrogen and oxygen atoms in total. The van der Waals surface area contributed by atoms with Crippen LogP contribution in [0, 0.1) is 0 Å². The maximum atomic E-state index is 12.8. The second-order valence-corrected chi connectivity index (χ2v) is 16.1. The first-order chi connectivity index (χ1) is 30.0. The summed E-state index contributed by atoms with van der Waals surface area (Å²) >= 11 is 0. The van der Waals surface area contributed by atoms with Crippen LogP contribution >= 0.6 is 0 Å². The quantitative estimate of drug-likeness (QED) is 0.0263. The summed E-state index contributed by atoms with van der Waals surface area (Å²) in [4.78, 5) is 37.9. The lowest BCUT2D eigenvalue weighted by molar-refractivity contribution is -0.167. The van der Waals surface area contributed by atoms with Crippen LogP contribution < -0.4 is 0 Å². The highest BCUT2D eigenvalue weighted by molar-refractivity contribution is 5.71. The first kappa shape index (κ1) is 57.3. The van der Waals surface area contributed by atoms with Crippen molar-refractivity contribution in [3.05, 3.63) is 97.2 Å². The van der Waals surface area contributed by atoms with Gasteiger partial charge in [0.25, 0.3) is 0 Å². The molecule has 0 fully saturated rings. The van der Waals surface area contributed by atoms with Gasteiger partial charge in [-0.2, -0.15) is 0 Å². The zero-order chi connectivity index (χ0) is 44.4. The Morgan fingerprint density at radius 3 is 1.00 bits per heavy atom. The number of esters is 3. The molecular weight excluding hydrogens is 757 g/mol. The van der Waals surface area contributed by atoms with Crippen molar-refractivity contribution >= 4 is 17.9 Å². The van der Waals surface area contributed by atoms with Crippen LogP contribution in [0.3, 0.4) is 0 Å². The molecule has 0 rings (SSSR count). The number of carbonyl (C=O) groups is 3. The van der Waals surface area contributed by atoms with E-state index in [1.54, 1.807) is 0 Å². The van der Waals surface area contributed by atoms with Crippen LogP contribution in [-0.4, -0.2) is 37.2 Å². The number of rotatable bonds is 43. The number of carbonyl (C=O) groups excluding carboxylic acids is 3. The van der Waals surface area contributed by atoms with Crippen LogP contribution in [0.4, 0.5) is 0 Å². The highest BCUT2D eigenvalue weighted by Gasteiger charge is 2.19. The summed E-state index contributed by atoms with van der Waals surface area (Å²) in [7, 11) is 0. The molecule has 0 aliphatic carbocycles. The molecule has 0 heterocycles. The number of unbranched alkanes of at least 4 members (excludes halogenated alkanes) is 21. The van der Waals surface area contributed by atoms with Crippen molar-refractivity contribution in [3.63, 3.8) is 0 Å². The number of ether oxygens (including phenoxy) is 3.